The molecule has 0 aromatic heterocycles. The SMILES string of the molecule is CCOC1C(Br)CC1Oc1ccc(S(C)(=O)=O)cc1. The molecule has 1 aromatic rings. The Bertz CT molecular complexity index is 526. The highest BCUT2D eigenvalue weighted by Gasteiger charge is 2.42. The lowest BCUT2D eigenvalue weighted by atomic mass is 9.91. The van der Waals surface area contributed by atoms with Gasteiger partial charge in [-0.15, -0.1) is 0 Å². The summed E-state index contributed by atoms with van der Waals surface area (Å²) >= 11 is 3.53. The minimum Gasteiger partial charge on any atom is -0.488 e. The van der Waals surface area contributed by atoms with Gasteiger partial charge in [-0.2, -0.15) is 0 Å². The first-order chi connectivity index (χ1) is 8.91. The highest BCUT2D eigenvalue weighted by molar-refractivity contribution is 9.09. The van der Waals surface area contributed by atoms with Crippen molar-refractivity contribution in [3.05, 3.63) is 24.3 Å². The third-order valence-electron chi connectivity index (χ3n) is 3.08. The molecular weight excluding hydrogens is 332 g/mol. The molecule has 106 valence electrons. The van der Waals surface area contributed by atoms with Crippen LogP contribution in [-0.2, 0) is 14.6 Å². The molecule has 0 bridgehead atoms. The lowest BCUT2D eigenvalue weighted by Gasteiger charge is -2.40. The summed E-state index contributed by atoms with van der Waals surface area (Å²) in [7, 11) is -3.16. The van der Waals surface area contributed by atoms with E-state index in [1.54, 1.807) is 24.3 Å². The van der Waals surface area contributed by atoms with E-state index in [1.807, 2.05) is 6.92 Å². The Labute approximate surface area is 122 Å². The Balaban J connectivity index is 2.01. The third-order valence-corrected chi connectivity index (χ3v) is 5.10. The van der Waals surface area contributed by atoms with Gasteiger partial charge in [0.2, 0.25) is 0 Å². The lowest BCUT2D eigenvalue weighted by Crippen LogP contribution is -2.52. The molecule has 0 aliphatic heterocycles. The van der Waals surface area contributed by atoms with Gasteiger partial charge in [0.1, 0.15) is 18.0 Å². The molecule has 0 spiro atoms. The van der Waals surface area contributed by atoms with E-state index in [2.05, 4.69) is 15.9 Å². The van der Waals surface area contributed by atoms with Crippen LogP contribution in [0, 0.1) is 0 Å². The molecule has 0 radical (unpaired) electrons. The van der Waals surface area contributed by atoms with Crippen LogP contribution in [0.4, 0.5) is 0 Å². The fraction of sp³-hybridized carbons (Fsp3) is 0.538. The zero-order valence-electron chi connectivity index (χ0n) is 10.9. The van der Waals surface area contributed by atoms with E-state index in [4.69, 9.17) is 9.47 Å². The van der Waals surface area contributed by atoms with Crippen LogP contribution in [0.1, 0.15) is 13.3 Å². The number of hydrogen-bond donors (Lipinski definition) is 0. The largest absolute Gasteiger partial charge is 0.488 e. The Morgan fingerprint density at radius 3 is 2.42 bits per heavy atom. The molecule has 1 aliphatic rings. The van der Waals surface area contributed by atoms with Gasteiger partial charge in [0, 0.05) is 24.1 Å². The number of ether oxygens (including phenoxy) is 2. The topological polar surface area (TPSA) is 52.6 Å². The smallest absolute Gasteiger partial charge is 0.175 e. The van der Waals surface area contributed by atoms with E-state index in [0.717, 1.165) is 6.42 Å². The predicted molar refractivity (Wildman–Crippen MR) is 76.7 cm³/mol. The van der Waals surface area contributed by atoms with Gasteiger partial charge in [-0.25, -0.2) is 8.42 Å². The van der Waals surface area contributed by atoms with Crippen LogP contribution < -0.4 is 4.74 Å². The Morgan fingerprint density at radius 2 is 1.95 bits per heavy atom. The van der Waals surface area contributed by atoms with Crippen molar-refractivity contribution in [1.82, 2.24) is 0 Å². The molecule has 1 aliphatic carbocycles. The fourth-order valence-electron chi connectivity index (χ4n) is 1.99. The summed E-state index contributed by atoms with van der Waals surface area (Å²) in [6.07, 6.45) is 2.15. The third kappa shape index (κ3) is 3.49. The van der Waals surface area contributed by atoms with Crippen molar-refractivity contribution in [2.24, 2.45) is 0 Å². The molecule has 0 amide bonds. The van der Waals surface area contributed by atoms with Crippen LogP contribution in [0.25, 0.3) is 0 Å². The highest BCUT2D eigenvalue weighted by Crippen LogP contribution is 2.34. The van der Waals surface area contributed by atoms with E-state index >= 15 is 0 Å². The van der Waals surface area contributed by atoms with E-state index < -0.39 is 9.84 Å². The first-order valence-electron chi connectivity index (χ1n) is 6.14. The van der Waals surface area contributed by atoms with E-state index in [9.17, 15) is 8.42 Å². The van der Waals surface area contributed by atoms with Crippen molar-refractivity contribution in [2.45, 2.75) is 35.3 Å². The standard InChI is InChI=1S/C13H17BrO4S/c1-3-17-13-11(14)8-12(13)18-9-4-6-10(7-5-9)19(2,15)16/h4-7,11-13H,3,8H2,1-2H3. The summed E-state index contributed by atoms with van der Waals surface area (Å²) in [5, 5.41) is 0. The minimum atomic E-state index is -3.16. The molecule has 2 rings (SSSR count). The van der Waals surface area contributed by atoms with E-state index in [-0.39, 0.29) is 12.2 Å². The van der Waals surface area contributed by atoms with Crippen LogP contribution in [0.2, 0.25) is 0 Å². The van der Waals surface area contributed by atoms with Crippen LogP contribution in [0.5, 0.6) is 5.75 Å². The van der Waals surface area contributed by atoms with Gasteiger partial charge in [-0.05, 0) is 31.2 Å². The Hall–Kier alpha value is -0.590. The van der Waals surface area contributed by atoms with Crippen LogP contribution in [0.3, 0.4) is 0 Å². The van der Waals surface area contributed by atoms with Crippen molar-refractivity contribution in [3.63, 3.8) is 0 Å². The normalized spacial score (nSPS) is 26.8. The molecule has 1 fully saturated rings. The quantitative estimate of drug-likeness (QED) is 0.766. The number of hydrogen-bond acceptors (Lipinski definition) is 4. The average Bonchev–Trinajstić information content (AvgIpc) is 2.35. The van der Waals surface area contributed by atoms with Gasteiger partial charge in [0.25, 0.3) is 0 Å². The molecule has 19 heavy (non-hydrogen) atoms. The second-order valence-corrected chi connectivity index (χ2v) is 7.76. The lowest BCUT2D eigenvalue weighted by molar-refractivity contribution is -0.0723. The van der Waals surface area contributed by atoms with Crippen molar-refractivity contribution in [1.29, 1.82) is 0 Å². The van der Waals surface area contributed by atoms with Crippen LogP contribution in [0.15, 0.2) is 29.2 Å². The first kappa shape index (κ1) is 14.8. The van der Waals surface area contributed by atoms with Gasteiger partial charge in [-0.1, -0.05) is 15.9 Å². The van der Waals surface area contributed by atoms with Crippen molar-refractivity contribution < 1.29 is 17.9 Å². The van der Waals surface area contributed by atoms with Crippen molar-refractivity contribution >= 4 is 25.8 Å². The fourth-order valence-corrected chi connectivity index (χ4v) is 3.48. The van der Waals surface area contributed by atoms with Crippen LogP contribution in [-0.4, -0.2) is 38.3 Å². The summed E-state index contributed by atoms with van der Waals surface area (Å²) in [5.41, 5.74) is 0. The van der Waals surface area contributed by atoms with E-state index in [0.29, 0.717) is 22.1 Å². The van der Waals surface area contributed by atoms with Crippen molar-refractivity contribution in [3.8, 4) is 5.75 Å². The maximum atomic E-state index is 11.3. The molecular formula is C13H17BrO4S. The monoisotopic (exact) mass is 348 g/mol. The first-order valence-corrected chi connectivity index (χ1v) is 8.95. The van der Waals surface area contributed by atoms with Gasteiger partial charge in [0.15, 0.2) is 9.84 Å². The molecule has 1 saturated carbocycles. The summed E-state index contributed by atoms with van der Waals surface area (Å²) in [5.74, 6) is 0.668. The average molecular weight is 349 g/mol. The predicted octanol–water partition coefficient (Wildman–Crippen LogP) is 2.41. The van der Waals surface area contributed by atoms with Crippen LogP contribution >= 0.6 is 15.9 Å². The molecule has 0 N–H and O–H groups in total. The Kier molecular flexibility index (Phi) is 4.53. The second kappa shape index (κ2) is 5.81. The minimum absolute atomic E-state index is 0.0217. The summed E-state index contributed by atoms with van der Waals surface area (Å²) in [6.45, 7) is 2.61. The zero-order chi connectivity index (χ0) is 14.0. The molecule has 1 aromatic carbocycles. The number of halogens is 1. The number of benzene rings is 1. The van der Waals surface area contributed by atoms with Gasteiger partial charge in [-0.3, -0.25) is 0 Å². The maximum absolute atomic E-state index is 11.3. The van der Waals surface area contributed by atoms with Gasteiger partial charge in [0.05, 0.1) is 4.90 Å². The van der Waals surface area contributed by atoms with Gasteiger partial charge >= 0.3 is 0 Å². The summed E-state index contributed by atoms with van der Waals surface area (Å²) in [4.78, 5) is 0.626. The summed E-state index contributed by atoms with van der Waals surface area (Å²) < 4.78 is 34.1. The van der Waals surface area contributed by atoms with E-state index in [1.165, 1.54) is 6.26 Å². The number of sulfone groups is 1. The van der Waals surface area contributed by atoms with Gasteiger partial charge < -0.3 is 9.47 Å². The molecule has 0 heterocycles. The number of rotatable bonds is 5. The highest BCUT2D eigenvalue weighted by atomic mass is 79.9. The zero-order valence-corrected chi connectivity index (χ0v) is 13.3. The second-order valence-electron chi connectivity index (χ2n) is 4.57. The maximum Gasteiger partial charge on any atom is 0.175 e. The molecule has 3 atom stereocenters. The molecule has 6 heteroatoms. The number of alkyl halides is 1. The Morgan fingerprint density at radius 1 is 1.32 bits per heavy atom. The molecule has 3 unspecified atom stereocenters. The summed E-state index contributed by atoms with van der Waals surface area (Å²) in [6, 6.07) is 6.48. The molecule has 0 saturated heterocycles. The van der Waals surface area contributed by atoms with Crippen molar-refractivity contribution in [2.75, 3.05) is 12.9 Å². The molecule has 4 nitrogen and oxygen atoms in total.